The summed E-state index contributed by atoms with van der Waals surface area (Å²) in [4.78, 5) is 0. The molecule has 8 rings (SSSR count). The number of aryl methyl sites for hydroxylation is 4. The first-order valence-corrected chi connectivity index (χ1v) is 17.4. The molecule has 0 spiro atoms. The molecule has 1 heteroatoms. The summed E-state index contributed by atoms with van der Waals surface area (Å²) in [5, 5.41) is 5.12. The van der Waals surface area contributed by atoms with Gasteiger partial charge in [0.1, 0.15) is 0 Å². The first-order chi connectivity index (χ1) is 23.8. The molecule has 0 aliphatic carbocycles. The van der Waals surface area contributed by atoms with Gasteiger partial charge in [0, 0.05) is 5.41 Å². The Hall–Kier alpha value is -4.59. The zero-order valence-electron chi connectivity index (χ0n) is 31.9. The fourth-order valence-electron chi connectivity index (χ4n) is 8.07. The molecular formula is C51H48Hf. The number of fused-ring (bicyclic) bond motifs is 2. The van der Waals surface area contributed by atoms with Crippen LogP contribution in [0.2, 0.25) is 0 Å². The first-order valence-electron chi connectivity index (χ1n) is 17.4. The average Bonchev–Trinajstić information content (AvgIpc) is 3.75. The van der Waals surface area contributed by atoms with Gasteiger partial charge in [0.05, 0.1) is 0 Å². The van der Waals surface area contributed by atoms with Crippen molar-refractivity contribution in [3.63, 3.8) is 0 Å². The van der Waals surface area contributed by atoms with Crippen LogP contribution >= 0.6 is 0 Å². The molecule has 0 nitrogen and oxygen atoms in total. The topological polar surface area (TPSA) is 0 Å². The van der Waals surface area contributed by atoms with Crippen molar-refractivity contribution in [3.05, 3.63) is 216 Å². The molecule has 0 fully saturated rings. The van der Waals surface area contributed by atoms with Gasteiger partial charge in [-0.25, -0.2) is 0 Å². The largest absolute Gasteiger partial charge is 4.00 e. The van der Waals surface area contributed by atoms with Crippen molar-refractivity contribution in [2.45, 2.75) is 47.0 Å². The van der Waals surface area contributed by atoms with E-state index in [9.17, 15) is 0 Å². The fraction of sp³-hybridized carbons (Fsp3) is 0.137. The number of hydrogen-bond acceptors (Lipinski definition) is 0. The van der Waals surface area contributed by atoms with Crippen molar-refractivity contribution >= 4 is 21.5 Å². The van der Waals surface area contributed by atoms with Crippen LogP contribution in [-0.4, -0.2) is 0 Å². The Balaban J connectivity index is 0.00000174. The second-order valence-electron chi connectivity index (χ2n) is 14.1. The predicted molar refractivity (Wildman–Crippen MR) is 223 cm³/mol. The Bertz CT molecular complexity index is 2300. The third-order valence-electron chi connectivity index (χ3n) is 11.1. The van der Waals surface area contributed by atoms with Crippen LogP contribution in [0.15, 0.2) is 146 Å². The van der Waals surface area contributed by atoms with Crippen molar-refractivity contribution in [1.29, 1.82) is 0 Å². The normalized spacial score (nSPS) is 11.2. The molecule has 0 aromatic heterocycles. The van der Waals surface area contributed by atoms with Crippen molar-refractivity contribution in [1.82, 2.24) is 0 Å². The van der Waals surface area contributed by atoms with Gasteiger partial charge in [-0.05, 0) is 86.1 Å². The maximum Gasteiger partial charge on any atom is 4.00 e. The minimum atomic E-state index is -0.544. The van der Waals surface area contributed by atoms with Gasteiger partial charge in [0.25, 0.3) is 0 Å². The Morgan fingerprint density at radius 2 is 0.750 bits per heavy atom. The Morgan fingerprint density at radius 3 is 1.13 bits per heavy atom. The van der Waals surface area contributed by atoms with Crippen LogP contribution < -0.4 is 0 Å². The summed E-state index contributed by atoms with van der Waals surface area (Å²) in [6, 6.07) is 55.3. The maximum absolute atomic E-state index is 2.48. The summed E-state index contributed by atoms with van der Waals surface area (Å²) >= 11 is 0. The number of hydrogen-bond donors (Lipinski definition) is 0. The molecule has 52 heavy (non-hydrogen) atoms. The second kappa shape index (κ2) is 15.2. The van der Waals surface area contributed by atoms with Crippen LogP contribution in [0, 0.1) is 56.4 Å². The van der Waals surface area contributed by atoms with Gasteiger partial charge in [0.2, 0.25) is 0 Å². The van der Waals surface area contributed by atoms with Crippen molar-refractivity contribution in [3.8, 4) is 22.3 Å². The minimum absolute atomic E-state index is 0. The molecule has 8 aromatic carbocycles. The molecule has 0 heterocycles. The summed E-state index contributed by atoms with van der Waals surface area (Å²) < 4.78 is 0. The van der Waals surface area contributed by atoms with E-state index in [1.807, 2.05) is 0 Å². The second-order valence-corrected chi connectivity index (χ2v) is 14.1. The fourth-order valence-corrected chi connectivity index (χ4v) is 8.07. The Morgan fingerprint density at radius 1 is 0.404 bits per heavy atom. The number of rotatable bonds is 6. The number of benzene rings is 6. The smallest absolute Gasteiger partial charge is 0.358 e. The van der Waals surface area contributed by atoms with Crippen LogP contribution in [0.25, 0.3) is 43.8 Å². The van der Waals surface area contributed by atoms with Gasteiger partial charge in [-0.1, -0.05) is 119 Å². The third-order valence-corrected chi connectivity index (χ3v) is 11.1. The zero-order chi connectivity index (χ0) is 33.9. The van der Waals surface area contributed by atoms with Gasteiger partial charge in [0.15, 0.2) is 0 Å². The molecule has 8 aromatic rings. The van der Waals surface area contributed by atoms with Crippen molar-refractivity contribution in [2.24, 2.45) is 0 Å². The minimum Gasteiger partial charge on any atom is -0.358 e. The van der Waals surface area contributed by atoms with Gasteiger partial charge >= 0.3 is 25.8 Å². The molecule has 0 aliphatic heterocycles. The van der Waals surface area contributed by atoms with Crippen molar-refractivity contribution in [2.75, 3.05) is 0 Å². The van der Waals surface area contributed by atoms with E-state index in [4.69, 9.17) is 0 Å². The Labute approximate surface area is 330 Å². The zero-order valence-corrected chi connectivity index (χ0v) is 35.4. The summed E-state index contributed by atoms with van der Waals surface area (Å²) in [5.74, 6) is 0. The molecule has 256 valence electrons. The SMILES string of the molecule is Cc1ccc(C(c2ccc(C)cc2)(c2cc3c(-c4cccc(C)c4C)cccc3[cH-]2)c2cc3c(-c4cccc(C)c4C)cccc3[cH-]2)cc1.[CH3-].[CH3-].[Hf+4]. The van der Waals surface area contributed by atoms with Gasteiger partial charge in [-0.2, -0.15) is 12.1 Å². The summed E-state index contributed by atoms with van der Waals surface area (Å²) in [6.45, 7) is 13.3. The van der Waals surface area contributed by atoms with E-state index in [0.29, 0.717) is 0 Å². The summed E-state index contributed by atoms with van der Waals surface area (Å²) in [7, 11) is 0. The van der Waals surface area contributed by atoms with Crippen LogP contribution in [-0.2, 0) is 31.3 Å². The summed E-state index contributed by atoms with van der Waals surface area (Å²) in [5.41, 5.74) is 17.6. The molecule has 0 saturated heterocycles. The molecule has 0 amide bonds. The maximum atomic E-state index is 2.48. The molecule has 0 unspecified atom stereocenters. The van der Waals surface area contributed by atoms with E-state index in [2.05, 4.69) is 187 Å². The molecule has 0 saturated carbocycles. The van der Waals surface area contributed by atoms with E-state index in [-0.39, 0.29) is 40.7 Å². The summed E-state index contributed by atoms with van der Waals surface area (Å²) in [6.07, 6.45) is 0. The molecule has 0 bridgehead atoms. The van der Waals surface area contributed by atoms with Gasteiger partial charge in [-0.3, -0.25) is 0 Å². The molecule has 0 aliphatic rings. The first kappa shape index (κ1) is 38.6. The van der Waals surface area contributed by atoms with Crippen LogP contribution in [0.1, 0.15) is 55.6 Å². The Kier molecular flexibility index (Phi) is 11.3. The van der Waals surface area contributed by atoms with Gasteiger partial charge in [-0.15, -0.1) is 69.1 Å². The van der Waals surface area contributed by atoms with Crippen LogP contribution in [0.4, 0.5) is 0 Å². The molecular weight excluding hydrogens is 791 g/mol. The van der Waals surface area contributed by atoms with E-state index in [1.165, 1.54) is 99.4 Å². The van der Waals surface area contributed by atoms with Crippen LogP contribution in [0.3, 0.4) is 0 Å². The third kappa shape index (κ3) is 6.28. The average molecular weight is 839 g/mol. The monoisotopic (exact) mass is 840 g/mol. The predicted octanol–water partition coefficient (Wildman–Crippen LogP) is 13.9. The molecule has 0 radical (unpaired) electrons. The van der Waals surface area contributed by atoms with E-state index < -0.39 is 5.41 Å². The molecule has 0 atom stereocenters. The van der Waals surface area contributed by atoms with E-state index in [0.717, 1.165) is 0 Å². The molecule has 0 N–H and O–H groups in total. The van der Waals surface area contributed by atoms with Gasteiger partial charge < -0.3 is 14.9 Å². The van der Waals surface area contributed by atoms with E-state index in [1.54, 1.807) is 0 Å². The standard InChI is InChI=1S/C49H42.2CH3.Hf/c1-31-19-23-39(24-20-31)49(40-25-21-32(2)22-26-40,41-27-37-13-9-17-45(47(37)29-41)43-15-7-11-33(3)35(43)5)42-28-38-14-10-18-46(48(38)30-42)44-16-8-12-34(4)36(44)6;;;/h7-30H,1-6H3;2*1H3;/q-2;2*-1;+4. The van der Waals surface area contributed by atoms with Crippen molar-refractivity contribution < 1.29 is 25.8 Å². The quantitative estimate of drug-likeness (QED) is 0.116. The van der Waals surface area contributed by atoms with Crippen LogP contribution in [0.5, 0.6) is 0 Å². The van der Waals surface area contributed by atoms with E-state index >= 15 is 0 Å².